The minimum absolute atomic E-state index is 0.123. The molecule has 2 heterocycles. The van der Waals surface area contributed by atoms with Crippen molar-refractivity contribution in [1.82, 2.24) is 9.88 Å². The van der Waals surface area contributed by atoms with Crippen molar-refractivity contribution < 1.29 is 14.2 Å². The van der Waals surface area contributed by atoms with Crippen LogP contribution in [0.2, 0.25) is 5.02 Å². The maximum absolute atomic E-state index is 14.7. The molecule has 0 saturated carbocycles. The summed E-state index contributed by atoms with van der Waals surface area (Å²) >= 11 is 6.34. The van der Waals surface area contributed by atoms with Crippen molar-refractivity contribution in [3.8, 4) is 28.1 Å². The Morgan fingerprint density at radius 2 is 1.97 bits per heavy atom. The van der Waals surface area contributed by atoms with E-state index in [9.17, 15) is 9.50 Å². The highest BCUT2D eigenvalue weighted by atomic mass is 35.5. The summed E-state index contributed by atoms with van der Waals surface area (Å²) in [6.07, 6.45) is 0.942. The molecule has 5 nitrogen and oxygen atoms in total. The first kappa shape index (κ1) is 22.5. The van der Waals surface area contributed by atoms with Gasteiger partial charge in [-0.25, -0.2) is 9.37 Å². The number of aryl methyl sites for hydroxylation is 1. The van der Waals surface area contributed by atoms with E-state index in [4.69, 9.17) is 21.3 Å². The van der Waals surface area contributed by atoms with Gasteiger partial charge in [0.1, 0.15) is 17.4 Å². The first-order valence-electron chi connectivity index (χ1n) is 10.8. The normalized spacial score (nSPS) is 14.5. The Morgan fingerprint density at radius 3 is 2.75 bits per heavy atom. The average molecular weight is 456 g/mol. The molecule has 0 aliphatic carbocycles. The predicted molar refractivity (Wildman–Crippen MR) is 127 cm³/mol. The molecule has 0 atom stereocenters. The number of phenols is 1. The molecule has 0 radical (unpaired) electrons. The van der Waals surface area contributed by atoms with Gasteiger partial charge < -0.3 is 15.2 Å². The molecule has 1 aromatic heterocycles. The van der Waals surface area contributed by atoms with Crippen molar-refractivity contribution >= 4 is 17.4 Å². The number of phenolic OH excluding ortho intramolecular Hbond substituents is 1. The summed E-state index contributed by atoms with van der Waals surface area (Å²) in [4.78, 5) is 7.08. The molecule has 1 saturated heterocycles. The Bertz CT molecular complexity index is 1070. The Hall–Kier alpha value is -2.67. The number of anilines is 1. The van der Waals surface area contributed by atoms with Crippen LogP contribution in [-0.2, 0) is 4.74 Å². The van der Waals surface area contributed by atoms with Gasteiger partial charge in [0.2, 0.25) is 0 Å². The maximum atomic E-state index is 14.7. The van der Waals surface area contributed by atoms with Crippen molar-refractivity contribution in [2.24, 2.45) is 0 Å². The number of hydrogen-bond donors (Lipinski definition) is 2. The fourth-order valence-electron chi connectivity index (χ4n) is 3.88. The minimum atomic E-state index is -0.401. The van der Waals surface area contributed by atoms with Crippen LogP contribution in [0, 0.1) is 12.7 Å². The van der Waals surface area contributed by atoms with Gasteiger partial charge in [0, 0.05) is 30.8 Å². The first-order valence-corrected chi connectivity index (χ1v) is 11.2. The van der Waals surface area contributed by atoms with Crippen LogP contribution in [0.25, 0.3) is 22.4 Å². The summed E-state index contributed by atoms with van der Waals surface area (Å²) in [6, 6.07) is 13.5. The number of aromatic hydroxyl groups is 1. The van der Waals surface area contributed by atoms with Gasteiger partial charge >= 0.3 is 0 Å². The van der Waals surface area contributed by atoms with Crippen LogP contribution in [0.3, 0.4) is 0 Å². The van der Waals surface area contributed by atoms with Gasteiger partial charge in [0.05, 0.1) is 23.9 Å². The Kier molecular flexibility index (Phi) is 7.25. The Morgan fingerprint density at radius 1 is 1.16 bits per heavy atom. The highest BCUT2D eigenvalue weighted by molar-refractivity contribution is 6.33. The van der Waals surface area contributed by atoms with Crippen LogP contribution in [0.1, 0.15) is 12.0 Å². The quantitative estimate of drug-likeness (QED) is 0.470. The molecule has 32 heavy (non-hydrogen) atoms. The summed E-state index contributed by atoms with van der Waals surface area (Å²) < 4.78 is 20.1. The van der Waals surface area contributed by atoms with Gasteiger partial charge in [0.15, 0.2) is 0 Å². The van der Waals surface area contributed by atoms with Crippen LogP contribution in [0.5, 0.6) is 5.75 Å². The van der Waals surface area contributed by atoms with E-state index in [-0.39, 0.29) is 5.75 Å². The fourth-order valence-corrected chi connectivity index (χ4v) is 4.15. The van der Waals surface area contributed by atoms with Crippen molar-refractivity contribution in [2.75, 3.05) is 44.7 Å². The second-order valence-electron chi connectivity index (χ2n) is 7.98. The number of halogens is 2. The van der Waals surface area contributed by atoms with Gasteiger partial charge in [-0.05, 0) is 61.9 Å². The number of nitrogens with zero attached hydrogens (tertiary/aromatic N) is 2. The number of benzene rings is 2. The Balaban J connectivity index is 1.62. The standard InChI is InChI=1S/C25H27ClFN3O2/c1-17-6-7-23(31)19(14-17)22-15-18(25-20(26)4-2-5-21(25)27)16-24(29-22)28-8-3-9-30-10-12-32-13-11-30/h2,4-7,14-16,31H,3,8-13H2,1H3,(H,28,29). The molecule has 0 amide bonds. The fraction of sp³-hybridized carbons (Fsp3) is 0.320. The highest BCUT2D eigenvalue weighted by Gasteiger charge is 2.15. The van der Waals surface area contributed by atoms with E-state index >= 15 is 0 Å². The number of nitrogens with one attached hydrogen (secondary N) is 1. The monoisotopic (exact) mass is 455 g/mol. The lowest BCUT2D eigenvalue weighted by molar-refractivity contribution is 0.0378. The van der Waals surface area contributed by atoms with Gasteiger partial charge in [-0.1, -0.05) is 29.3 Å². The third kappa shape index (κ3) is 5.38. The van der Waals surface area contributed by atoms with Crippen LogP contribution in [-0.4, -0.2) is 54.4 Å². The SMILES string of the molecule is Cc1ccc(O)c(-c2cc(-c3c(F)cccc3Cl)cc(NCCCN3CCOCC3)n2)c1. The zero-order valence-electron chi connectivity index (χ0n) is 18.1. The molecule has 3 aromatic rings. The van der Waals surface area contributed by atoms with Gasteiger partial charge in [0.25, 0.3) is 0 Å². The largest absolute Gasteiger partial charge is 0.507 e. The van der Waals surface area contributed by atoms with Crippen LogP contribution in [0.4, 0.5) is 10.2 Å². The molecular weight excluding hydrogens is 429 g/mol. The number of rotatable bonds is 7. The van der Waals surface area contributed by atoms with E-state index < -0.39 is 5.82 Å². The zero-order valence-corrected chi connectivity index (χ0v) is 18.8. The van der Waals surface area contributed by atoms with E-state index in [1.54, 1.807) is 30.3 Å². The van der Waals surface area contributed by atoms with E-state index in [1.165, 1.54) is 6.07 Å². The average Bonchev–Trinajstić information content (AvgIpc) is 2.79. The number of aromatic nitrogens is 1. The Labute approximate surface area is 192 Å². The molecular formula is C25H27ClFN3O2. The lowest BCUT2D eigenvalue weighted by atomic mass is 10.0. The lowest BCUT2D eigenvalue weighted by Gasteiger charge is -2.26. The predicted octanol–water partition coefficient (Wildman–Crippen LogP) is 5.36. The number of hydrogen-bond acceptors (Lipinski definition) is 5. The molecule has 168 valence electrons. The van der Waals surface area contributed by atoms with Gasteiger partial charge in [-0.2, -0.15) is 0 Å². The van der Waals surface area contributed by atoms with Crippen LogP contribution < -0.4 is 5.32 Å². The molecule has 0 spiro atoms. The second-order valence-corrected chi connectivity index (χ2v) is 8.39. The molecule has 0 bridgehead atoms. The number of morpholine rings is 1. The number of pyridine rings is 1. The molecule has 2 aromatic carbocycles. The molecule has 7 heteroatoms. The summed E-state index contributed by atoms with van der Waals surface area (Å²) in [5, 5.41) is 14.1. The molecule has 0 unspecified atom stereocenters. The smallest absolute Gasteiger partial charge is 0.132 e. The lowest BCUT2D eigenvalue weighted by Crippen LogP contribution is -2.37. The zero-order chi connectivity index (χ0) is 22.5. The van der Waals surface area contributed by atoms with Crippen LogP contribution >= 0.6 is 11.6 Å². The van der Waals surface area contributed by atoms with E-state index in [0.29, 0.717) is 33.2 Å². The van der Waals surface area contributed by atoms with E-state index in [0.717, 1.165) is 51.4 Å². The first-order chi connectivity index (χ1) is 15.5. The summed E-state index contributed by atoms with van der Waals surface area (Å²) in [5.41, 5.74) is 3.07. The highest BCUT2D eigenvalue weighted by Crippen LogP contribution is 2.36. The summed E-state index contributed by atoms with van der Waals surface area (Å²) in [5.74, 6) is 0.333. The topological polar surface area (TPSA) is 57.6 Å². The molecule has 1 aliphatic rings. The second kappa shape index (κ2) is 10.3. The summed E-state index contributed by atoms with van der Waals surface area (Å²) in [6.45, 7) is 7.12. The van der Waals surface area contributed by atoms with Crippen molar-refractivity contribution in [3.63, 3.8) is 0 Å². The third-order valence-electron chi connectivity index (χ3n) is 5.57. The molecule has 4 rings (SSSR count). The van der Waals surface area contributed by atoms with Gasteiger partial charge in [-0.15, -0.1) is 0 Å². The third-order valence-corrected chi connectivity index (χ3v) is 5.88. The molecule has 1 fully saturated rings. The maximum Gasteiger partial charge on any atom is 0.132 e. The van der Waals surface area contributed by atoms with Gasteiger partial charge in [-0.3, -0.25) is 4.90 Å². The molecule has 2 N–H and O–H groups in total. The van der Waals surface area contributed by atoms with Crippen molar-refractivity contribution in [1.29, 1.82) is 0 Å². The van der Waals surface area contributed by atoms with Crippen LogP contribution in [0.15, 0.2) is 48.5 Å². The van der Waals surface area contributed by atoms with E-state index in [1.807, 2.05) is 19.1 Å². The minimum Gasteiger partial charge on any atom is -0.507 e. The summed E-state index contributed by atoms with van der Waals surface area (Å²) in [7, 11) is 0. The number of ether oxygens (including phenoxy) is 1. The molecule has 1 aliphatic heterocycles. The van der Waals surface area contributed by atoms with E-state index in [2.05, 4.69) is 10.2 Å². The van der Waals surface area contributed by atoms with Crippen molar-refractivity contribution in [2.45, 2.75) is 13.3 Å². The van der Waals surface area contributed by atoms with Crippen molar-refractivity contribution in [3.05, 3.63) is 64.9 Å².